The highest BCUT2D eigenvalue weighted by molar-refractivity contribution is 8.00. The van der Waals surface area contributed by atoms with Gasteiger partial charge in [0.25, 0.3) is 0 Å². The van der Waals surface area contributed by atoms with Crippen molar-refractivity contribution in [3.05, 3.63) is 23.2 Å². The molecule has 1 nitrogen and oxygen atoms in total. The van der Waals surface area contributed by atoms with Gasteiger partial charge in [0.05, 0.1) is 9.23 Å². The molecule has 2 aromatic rings. The summed E-state index contributed by atoms with van der Waals surface area (Å²) in [6, 6.07) is 5.27. The second kappa shape index (κ2) is 3.40. The summed E-state index contributed by atoms with van der Waals surface area (Å²) in [5.74, 6) is 0.264. The Morgan fingerprint density at radius 1 is 1.46 bits per heavy atom. The van der Waals surface area contributed by atoms with Crippen molar-refractivity contribution in [1.82, 2.24) is 0 Å². The number of hydrogen-bond acceptors (Lipinski definition) is 3. The van der Waals surface area contributed by atoms with Crippen LogP contribution in [0.3, 0.4) is 0 Å². The first-order valence-corrected chi connectivity index (χ1v) is 6.09. The standard InChI is InChI=1S/C9H7ClOS2/c1-12-9-8(10)6-4-5(11)2-3-7(6)13-9/h2-4,11H,1H3. The lowest BCUT2D eigenvalue weighted by molar-refractivity contribution is 0.476. The van der Waals surface area contributed by atoms with E-state index < -0.39 is 0 Å². The first-order valence-electron chi connectivity index (χ1n) is 3.67. The average molecular weight is 231 g/mol. The number of rotatable bonds is 1. The molecule has 68 valence electrons. The molecule has 1 aromatic heterocycles. The number of benzene rings is 1. The smallest absolute Gasteiger partial charge is 0.116 e. The monoisotopic (exact) mass is 230 g/mol. The first kappa shape index (κ1) is 9.19. The van der Waals surface area contributed by atoms with E-state index in [1.807, 2.05) is 12.3 Å². The molecule has 0 aliphatic heterocycles. The van der Waals surface area contributed by atoms with E-state index in [0.29, 0.717) is 0 Å². The van der Waals surface area contributed by atoms with Gasteiger partial charge < -0.3 is 5.11 Å². The number of thioether (sulfide) groups is 1. The lowest BCUT2D eigenvalue weighted by atomic mass is 10.2. The topological polar surface area (TPSA) is 20.2 Å². The lowest BCUT2D eigenvalue weighted by Crippen LogP contribution is -1.65. The van der Waals surface area contributed by atoms with Crippen LogP contribution in [0.2, 0.25) is 5.02 Å². The summed E-state index contributed by atoms with van der Waals surface area (Å²) in [6.45, 7) is 0. The van der Waals surface area contributed by atoms with E-state index in [-0.39, 0.29) is 5.75 Å². The van der Waals surface area contributed by atoms with Crippen LogP contribution >= 0.6 is 34.7 Å². The third kappa shape index (κ3) is 1.52. The Morgan fingerprint density at radius 2 is 2.23 bits per heavy atom. The minimum atomic E-state index is 0.264. The van der Waals surface area contributed by atoms with Gasteiger partial charge in [0.1, 0.15) is 5.75 Å². The summed E-state index contributed by atoms with van der Waals surface area (Å²) in [6.07, 6.45) is 2.00. The van der Waals surface area contributed by atoms with E-state index in [1.165, 1.54) is 0 Å². The van der Waals surface area contributed by atoms with Crippen molar-refractivity contribution in [2.75, 3.05) is 6.26 Å². The number of halogens is 1. The largest absolute Gasteiger partial charge is 0.508 e. The van der Waals surface area contributed by atoms with Crippen LogP contribution in [-0.2, 0) is 0 Å². The maximum Gasteiger partial charge on any atom is 0.116 e. The summed E-state index contributed by atoms with van der Waals surface area (Å²) in [5, 5.41) is 11.0. The van der Waals surface area contributed by atoms with Crippen LogP contribution in [0.15, 0.2) is 22.4 Å². The Morgan fingerprint density at radius 3 is 2.92 bits per heavy atom. The van der Waals surface area contributed by atoms with Crippen molar-refractivity contribution in [1.29, 1.82) is 0 Å². The van der Waals surface area contributed by atoms with Gasteiger partial charge >= 0.3 is 0 Å². The van der Waals surface area contributed by atoms with E-state index in [0.717, 1.165) is 19.3 Å². The number of fused-ring (bicyclic) bond motifs is 1. The maximum absolute atomic E-state index is 9.28. The molecule has 0 aliphatic carbocycles. The molecule has 1 aromatic carbocycles. The molecule has 1 heterocycles. The molecule has 13 heavy (non-hydrogen) atoms. The molecular weight excluding hydrogens is 224 g/mol. The molecule has 0 spiro atoms. The van der Waals surface area contributed by atoms with E-state index in [1.54, 1.807) is 35.2 Å². The van der Waals surface area contributed by atoms with Gasteiger partial charge in [0, 0.05) is 10.1 Å². The van der Waals surface area contributed by atoms with Crippen LogP contribution in [0.4, 0.5) is 0 Å². The highest BCUT2D eigenvalue weighted by Gasteiger charge is 2.09. The number of aromatic hydroxyl groups is 1. The van der Waals surface area contributed by atoms with Crippen molar-refractivity contribution in [3.63, 3.8) is 0 Å². The number of thiophene rings is 1. The number of phenolic OH excluding ortho intramolecular Hbond substituents is 1. The molecule has 0 amide bonds. The summed E-state index contributed by atoms with van der Waals surface area (Å²) >= 11 is 9.39. The lowest BCUT2D eigenvalue weighted by Gasteiger charge is -1.91. The Kier molecular flexibility index (Phi) is 2.41. The summed E-state index contributed by atoms with van der Waals surface area (Å²) in [7, 11) is 0. The highest BCUT2D eigenvalue weighted by Crippen LogP contribution is 2.41. The van der Waals surface area contributed by atoms with E-state index in [9.17, 15) is 5.11 Å². The summed E-state index contributed by atoms with van der Waals surface area (Å²) < 4.78 is 2.22. The second-order valence-electron chi connectivity index (χ2n) is 2.59. The average Bonchev–Trinajstić information content (AvgIpc) is 2.44. The molecule has 4 heteroatoms. The van der Waals surface area contributed by atoms with Gasteiger partial charge in [0.15, 0.2) is 0 Å². The SMILES string of the molecule is CSc1sc2ccc(O)cc2c1Cl. The predicted octanol–water partition coefficient (Wildman–Crippen LogP) is 3.98. The molecule has 2 rings (SSSR count). The third-order valence-corrected chi connectivity index (χ3v) is 4.67. The molecule has 0 fully saturated rings. The Bertz CT molecular complexity index is 450. The summed E-state index contributed by atoms with van der Waals surface area (Å²) in [5.41, 5.74) is 0. The molecule has 0 saturated carbocycles. The van der Waals surface area contributed by atoms with E-state index >= 15 is 0 Å². The molecule has 0 aliphatic rings. The minimum absolute atomic E-state index is 0.264. The van der Waals surface area contributed by atoms with Gasteiger partial charge in [0.2, 0.25) is 0 Å². The van der Waals surface area contributed by atoms with Crippen LogP contribution in [-0.4, -0.2) is 11.4 Å². The van der Waals surface area contributed by atoms with Gasteiger partial charge in [-0.15, -0.1) is 23.1 Å². The van der Waals surface area contributed by atoms with Crippen molar-refractivity contribution in [2.45, 2.75) is 4.21 Å². The molecule has 0 bridgehead atoms. The molecule has 0 radical (unpaired) electrons. The van der Waals surface area contributed by atoms with E-state index in [2.05, 4.69) is 0 Å². The van der Waals surface area contributed by atoms with Gasteiger partial charge in [-0.2, -0.15) is 0 Å². The quantitative estimate of drug-likeness (QED) is 0.748. The molecular formula is C9H7ClOS2. The van der Waals surface area contributed by atoms with Crippen molar-refractivity contribution >= 4 is 44.8 Å². The fourth-order valence-corrected chi connectivity index (χ4v) is 3.42. The van der Waals surface area contributed by atoms with Crippen molar-refractivity contribution < 1.29 is 5.11 Å². The highest BCUT2D eigenvalue weighted by atomic mass is 35.5. The van der Waals surface area contributed by atoms with Crippen LogP contribution in [0.25, 0.3) is 10.1 Å². The fourth-order valence-electron chi connectivity index (χ4n) is 1.16. The Labute approximate surface area is 89.3 Å². The van der Waals surface area contributed by atoms with Gasteiger partial charge in [-0.05, 0) is 24.5 Å². The van der Waals surface area contributed by atoms with Crippen LogP contribution in [0, 0.1) is 0 Å². The van der Waals surface area contributed by atoms with E-state index in [4.69, 9.17) is 11.6 Å². The van der Waals surface area contributed by atoms with Gasteiger partial charge in [-0.1, -0.05) is 11.6 Å². The van der Waals surface area contributed by atoms with Gasteiger partial charge in [-0.3, -0.25) is 0 Å². The molecule has 0 unspecified atom stereocenters. The number of phenols is 1. The molecule has 0 saturated heterocycles. The van der Waals surface area contributed by atoms with Crippen molar-refractivity contribution in [2.24, 2.45) is 0 Å². The molecule has 1 N–H and O–H groups in total. The fraction of sp³-hybridized carbons (Fsp3) is 0.111. The zero-order chi connectivity index (χ0) is 9.42. The molecule has 0 atom stereocenters. The number of hydrogen-bond donors (Lipinski definition) is 1. The van der Waals surface area contributed by atoms with Crippen LogP contribution in [0.1, 0.15) is 0 Å². The van der Waals surface area contributed by atoms with Crippen LogP contribution in [0.5, 0.6) is 5.75 Å². The third-order valence-electron chi connectivity index (χ3n) is 1.77. The normalized spacial score (nSPS) is 10.9. The van der Waals surface area contributed by atoms with Crippen LogP contribution < -0.4 is 0 Å². The second-order valence-corrected chi connectivity index (χ2v) is 5.09. The predicted molar refractivity (Wildman–Crippen MR) is 60.3 cm³/mol. The Balaban J connectivity index is 2.77. The zero-order valence-corrected chi connectivity index (χ0v) is 9.26. The van der Waals surface area contributed by atoms with Gasteiger partial charge in [-0.25, -0.2) is 0 Å². The maximum atomic E-state index is 9.28. The first-order chi connectivity index (χ1) is 6.22. The Hall–Kier alpha value is -0.380. The summed E-state index contributed by atoms with van der Waals surface area (Å²) in [4.78, 5) is 0. The minimum Gasteiger partial charge on any atom is -0.508 e. The van der Waals surface area contributed by atoms with Crippen molar-refractivity contribution in [3.8, 4) is 5.75 Å². The zero-order valence-electron chi connectivity index (χ0n) is 6.87.